The molecule has 0 spiro atoms. The van der Waals surface area contributed by atoms with Gasteiger partial charge in [-0.3, -0.25) is 4.79 Å². The lowest BCUT2D eigenvalue weighted by Crippen LogP contribution is -2.16. The fourth-order valence-electron chi connectivity index (χ4n) is 2.76. The minimum atomic E-state index is -1.05. The first kappa shape index (κ1) is 18.6. The maximum Gasteiger partial charge on any atom is 0.274 e. The summed E-state index contributed by atoms with van der Waals surface area (Å²) in [6.45, 7) is 2.67. The summed E-state index contributed by atoms with van der Waals surface area (Å²) in [5.74, 6) is -1.16. The van der Waals surface area contributed by atoms with Crippen molar-refractivity contribution in [3.8, 4) is 11.5 Å². The molecule has 0 bridgehead atoms. The average molecular weight is 398 g/mol. The second-order valence-corrected chi connectivity index (χ2v) is 6.28. The average Bonchev–Trinajstić information content (AvgIpc) is 2.70. The molecule has 0 fully saturated rings. The largest absolute Gasteiger partial charge is 0.486 e. The van der Waals surface area contributed by atoms with Crippen LogP contribution in [0.2, 0.25) is 0 Å². The molecule has 3 aromatic rings. The summed E-state index contributed by atoms with van der Waals surface area (Å²) in [6, 6.07) is 9.88. The summed E-state index contributed by atoms with van der Waals surface area (Å²) in [7, 11) is 0. The van der Waals surface area contributed by atoms with Crippen molar-refractivity contribution < 1.29 is 23.0 Å². The van der Waals surface area contributed by atoms with Gasteiger partial charge in [-0.05, 0) is 37.3 Å². The van der Waals surface area contributed by atoms with E-state index in [9.17, 15) is 13.6 Å². The highest BCUT2D eigenvalue weighted by atomic mass is 19.2. The Morgan fingerprint density at radius 2 is 1.69 bits per heavy atom. The van der Waals surface area contributed by atoms with Crippen molar-refractivity contribution >= 4 is 23.2 Å². The van der Waals surface area contributed by atoms with Crippen molar-refractivity contribution in [1.82, 2.24) is 9.97 Å². The molecule has 0 atom stereocenters. The Bertz CT molecular complexity index is 1090. The van der Waals surface area contributed by atoms with Crippen molar-refractivity contribution in [2.24, 2.45) is 0 Å². The van der Waals surface area contributed by atoms with Crippen molar-refractivity contribution in [1.29, 1.82) is 0 Å². The van der Waals surface area contributed by atoms with E-state index in [-0.39, 0.29) is 17.3 Å². The minimum absolute atomic E-state index is 0.0716. The van der Waals surface area contributed by atoms with Gasteiger partial charge in [0.15, 0.2) is 23.1 Å². The molecule has 7 nitrogen and oxygen atoms in total. The molecule has 2 aromatic carbocycles. The number of anilines is 3. The van der Waals surface area contributed by atoms with Gasteiger partial charge in [0.1, 0.15) is 18.9 Å². The number of benzene rings is 2. The van der Waals surface area contributed by atoms with Crippen LogP contribution in [0.4, 0.5) is 26.1 Å². The molecule has 0 saturated heterocycles. The highest BCUT2D eigenvalue weighted by molar-refractivity contribution is 6.03. The number of fused-ring (bicyclic) bond motifs is 1. The Morgan fingerprint density at radius 3 is 2.48 bits per heavy atom. The van der Waals surface area contributed by atoms with E-state index in [1.165, 1.54) is 12.1 Å². The fourth-order valence-corrected chi connectivity index (χ4v) is 2.76. The third-order valence-electron chi connectivity index (χ3n) is 4.06. The molecule has 0 unspecified atom stereocenters. The molecule has 2 N–H and O–H groups in total. The number of ether oxygens (including phenoxy) is 2. The topological polar surface area (TPSA) is 85.4 Å². The van der Waals surface area contributed by atoms with Gasteiger partial charge in [0, 0.05) is 29.2 Å². The zero-order valence-electron chi connectivity index (χ0n) is 15.3. The number of halogens is 2. The Labute approximate surface area is 164 Å². The van der Waals surface area contributed by atoms with E-state index in [1.54, 1.807) is 25.1 Å². The monoisotopic (exact) mass is 398 g/mol. The van der Waals surface area contributed by atoms with E-state index in [2.05, 4.69) is 20.6 Å². The van der Waals surface area contributed by atoms with E-state index < -0.39 is 17.5 Å². The van der Waals surface area contributed by atoms with E-state index in [0.29, 0.717) is 36.1 Å². The van der Waals surface area contributed by atoms with Crippen LogP contribution in [-0.2, 0) is 0 Å². The van der Waals surface area contributed by atoms with Gasteiger partial charge in [0.2, 0.25) is 5.95 Å². The van der Waals surface area contributed by atoms with Crippen LogP contribution >= 0.6 is 0 Å². The predicted molar refractivity (Wildman–Crippen MR) is 102 cm³/mol. The quantitative estimate of drug-likeness (QED) is 0.695. The summed E-state index contributed by atoms with van der Waals surface area (Å²) in [5, 5.41) is 5.51. The number of aromatic nitrogens is 2. The van der Waals surface area contributed by atoms with Gasteiger partial charge in [-0.25, -0.2) is 18.7 Å². The molecule has 1 aromatic heterocycles. The Kier molecular flexibility index (Phi) is 4.94. The summed E-state index contributed by atoms with van der Waals surface area (Å²) in [6.07, 6.45) is 0. The standard InChI is InChI=1S/C20H16F2N4O3/c1-11-8-16(19(27)24-12-2-4-14(21)15(22)9-12)26-20(23-11)25-13-3-5-17-18(10-13)29-7-6-28-17/h2-5,8-10H,6-7H2,1H3,(H,24,27)(H,23,25,26). The second-order valence-electron chi connectivity index (χ2n) is 6.28. The first-order valence-electron chi connectivity index (χ1n) is 8.77. The normalized spacial score (nSPS) is 12.4. The van der Waals surface area contributed by atoms with Gasteiger partial charge in [0.05, 0.1) is 0 Å². The SMILES string of the molecule is Cc1cc(C(=O)Nc2ccc(F)c(F)c2)nc(Nc2ccc3c(c2)OCCO3)n1. The van der Waals surface area contributed by atoms with Crippen LogP contribution in [0.3, 0.4) is 0 Å². The number of aryl methyl sites for hydroxylation is 1. The summed E-state index contributed by atoms with van der Waals surface area (Å²) < 4.78 is 37.4. The maximum atomic E-state index is 13.3. The highest BCUT2D eigenvalue weighted by Crippen LogP contribution is 2.33. The highest BCUT2D eigenvalue weighted by Gasteiger charge is 2.15. The van der Waals surface area contributed by atoms with Crippen molar-refractivity contribution in [3.05, 3.63) is 65.5 Å². The lowest BCUT2D eigenvalue weighted by Gasteiger charge is -2.19. The predicted octanol–water partition coefficient (Wildman–Crippen LogP) is 3.83. The zero-order valence-corrected chi connectivity index (χ0v) is 15.3. The molecule has 1 amide bonds. The molecular weight excluding hydrogens is 382 g/mol. The van der Waals surface area contributed by atoms with E-state index in [1.807, 2.05) is 0 Å². The molecule has 2 heterocycles. The molecule has 0 radical (unpaired) electrons. The molecule has 9 heteroatoms. The zero-order chi connectivity index (χ0) is 20.4. The molecule has 1 aliphatic heterocycles. The van der Waals surface area contributed by atoms with E-state index in [4.69, 9.17) is 9.47 Å². The summed E-state index contributed by atoms with van der Waals surface area (Å²) in [4.78, 5) is 21.0. The van der Waals surface area contributed by atoms with Crippen LogP contribution < -0.4 is 20.1 Å². The van der Waals surface area contributed by atoms with Crippen LogP contribution in [0.5, 0.6) is 11.5 Å². The lowest BCUT2D eigenvalue weighted by molar-refractivity contribution is 0.102. The van der Waals surface area contributed by atoms with E-state index in [0.717, 1.165) is 12.1 Å². The number of carbonyl (C=O) groups is 1. The smallest absolute Gasteiger partial charge is 0.274 e. The maximum absolute atomic E-state index is 13.3. The first-order chi connectivity index (χ1) is 14.0. The number of hydrogen-bond donors (Lipinski definition) is 2. The number of nitrogens with one attached hydrogen (secondary N) is 2. The molecule has 148 valence electrons. The molecule has 4 rings (SSSR count). The van der Waals surface area contributed by atoms with Crippen LogP contribution in [0.15, 0.2) is 42.5 Å². The van der Waals surface area contributed by atoms with Crippen LogP contribution in [0, 0.1) is 18.6 Å². The number of rotatable bonds is 4. The molecule has 0 aliphatic carbocycles. The molecule has 0 saturated carbocycles. The van der Waals surface area contributed by atoms with Gasteiger partial charge in [-0.2, -0.15) is 0 Å². The Balaban J connectivity index is 1.54. The van der Waals surface area contributed by atoms with Crippen LogP contribution in [0.1, 0.15) is 16.2 Å². The molecular formula is C20H16F2N4O3. The summed E-state index contributed by atoms with van der Waals surface area (Å²) in [5.41, 5.74) is 1.40. The van der Waals surface area contributed by atoms with Crippen molar-refractivity contribution in [2.45, 2.75) is 6.92 Å². The Hall–Kier alpha value is -3.75. The van der Waals surface area contributed by atoms with Crippen molar-refractivity contribution in [2.75, 3.05) is 23.8 Å². The minimum Gasteiger partial charge on any atom is -0.486 e. The summed E-state index contributed by atoms with van der Waals surface area (Å²) >= 11 is 0. The van der Waals surface area contributed by atoms with E-state index >= 15 is 0 Å². The number of amides is 1. The lowest BCUT2D eigenvalue weighted by atomic mass is 10.2. The van der Waals surface area contributed by atoms with Gasteiger partial charge in [0.25, 0.3) is 5.91 Å². The molecule has 1 aliphatic rings. The van der Waals surface area contributed by atoms with Gasteiger partial charge in [-0.15, -0.1) is 0 Å². The molecule has 29 heavy (non-hydrogen) atoms. The van der Waals surface area contributed by atoms with Gasteiger partial charge >= 0.3 is 0 Å². The van der Waals surface area contributed by atoms with Gasteiger partial charge < -0.3 is 20.1 Å². The first-order valence-corrected chi connectivity index (χ1v) is 8.77. The van der Waals surface area contributed by atoms with Crippen LogP contribution in [0.25, 0.3) is 0 Å². The van der Waals surface area contributed by atoms with Gasteiger partial charge in [-0.1, -0.05) is 0 Å². The number of hydrogen-bond acceptors (Lipinski definition) is 6. The Morgan fingerprint density at radius 1 is 0.931 bits per heavy atom. The number of carbonyl (C=O) groups excluding carboxylic acids is 1. The third-order valence-corrected chi connectivity index (χ3v) is 4.06. The van der Waals surface area contributed by atoms with Crippen molar-refractivity contribution in [3.63, 3.8) is 0 Å². The fraction of sp³-hybridized carbons (Fsp3) is 0.150. The number of nitrogens with zero attached hydrogens (tertiary/aromatic N) is 2. The van der Waals surface area contributed by atoms with Crippen LogP contribution in [-0.4, -0.2) is 29.1 Å². The third kappa shape index (κ3) is 4.23. The second kappa shape index (κ2) is 7.70.